The third-order valence-electron chi connectivity index (χ3n) is 6.41. The van der Waals surface area contributed by atoms with Crippen molar-refractivity contribution in [2.75, 3.05) is 0 Å². The lowest BCUT2D eigenvalue weighted by molar-refractivity contribution is -0.199. The molecule has 0 aromatic heterocycles. The van der Waals surface area contributed by atoms with Crippen molar-refractivity contribution >= 4 is 48.1 Å². The molecule has 0 radical (unpaired) electrons. The van der Waals surface area contributed by atoms with Crippen LogP contribution in [0.15, 0.2) is 72.8 Å². The summed E-state index contributed by atoms with van der Waals surface area (Å²) in [6, 6.07) is 10.1. The summed E-state index contributed by atoms with van der Waals surface area (Å²) in [7, 11) is 0. The summed E-state index contributed by atoms with van der Waals surface area (Å²) in [6.07, 6.45) is -5.56. The maximum atomic E-state index is 12.9. The van der Waals surface area contributed by atoms with E-state index in [0.717, 1.165) is 54.6 Å². The molecular weight excluding hydrogens is 668 g/mol. The van der Waals surface area contributed by atoms with Crippen LogP contribution in [0.5, 0.6) is 34.5 Å². The predicted molar refractivity (Wildman–Crippen MR) is 167 cm³/mol. The average molecular weight is 697 g/mol. The maximum Gasteiger partial charge on any atom is 0.349 e. The molecule has 50 heavy (non-hydrogen) atoms. The van der Waals surface area contributed by atoms with Gasteiger partial charge in [-0.15, -0.1) is 0 Å². The van der Waals surface area contributed by atoms with Crippen molar-refractivity contribution in [1.82, 2.24) is 0 Å². The summed E-state index contributed by atoms with van der Waals surface area (Å²) in [5, 5.41) is 87.4. The Balaban J connectivity index is 1.99. The van der Waals surface area contributed by atoms with Crippen LogP contribution in [0.1, 0.15) is 16.7 Å². The van der Waals surface area contributed by atoms with Crippen molar-refractivity contribution in [1.29, 1.82) is 0 Å². The molecular formula is C33H28O17. The van der Waals surface area contributed by atoms with Gasteiger partial charge in [0.05, 0.1) is 0 Å². The molecule has 3 rings (SSSR count). The molecule has 4 atom stereocenters. The van der Waals surface area contributed by atoms with Gasteiger partial charge in [0, 0.05) is 18.2 Å². The van der Waals surface area contributed by atoms with Crippen molar-refractivity contribution in [3.8, 4) is 34.5 Å². The largest absolute Gasteiger partial charge is 0.504 e. The van der Waals surface area contributed by atoms with Gasteiger partial charge >= 0.3 is 29.8 Å². The maximum absolute atomic E-state index is 12.9. The highest BCUT2D eigenvalue weighted by Crippen LogP contribution is 2.28. The van der Waals surface area contributed by atoms with Crippen molar-refractivity contribution in [3.05, 3.63) is 89.5 Å². The van der Waals surface area contributed by atoms with Crippen LogP contribution in [0, 0.1) is 0 Å². The summed E-state index contributed by atoms with van der Waals surface area (Å²) >= 11 is 0. The van der Waals surface area contributed by atoms with Gasteiger partial charge < -0.3 is 60.2 Å². The fourth-order valence-corrected chi connectivity index (χ4v) is 3.95. The van der Waals surface area contributed by atoms with E-state index in [0.29, 0.717) is 18.2 Å². The molecule has 0 fully saturated rings. The number of aromatic hydroxyl groups is 6. The fraction of sp³-hybridized carbons (Fsp3) is 0.121. The van der Waals surface area contributed by atoms with Crippen LogP contribution in [0.2, 0.25) is 0 Å². The smallest absolute Gasteiger partial charge is 0.349 e. The van der Waals surface area contributed by atoms with Gasteiger partial charge in [0.2, 0.25) is 6.10 Å². The summed E-state index contributed by atoms with van der Waals surface area (Å²) < 4.78 is 15.0. The molecule has 0 aliphatic carbocycles. The number of carbonyl (C=O) groups excluding carboxylic acids is 3. The standard InChI is InChI=1S/C33H28O17/c34-19-7-1-16(13-22(19)37)4-10-25(40)48-29(28(43)32(44)45)30(49-26(41)11-5-17-2-8-20(35)23(38)14-17)31(33(46)47)50-27(42)12-6-18-3-9-21(36)24(39)15-18/h1-15,28-31,34-39,43H,(H,44,45)(H,46,47)/b10-4+,11-5+,12-6+/t28-,29-,30+,31+/m1/s1. The summed E-state index contributed by atoms with van der Waals surface area (Å²) in [5.41, 5.74) is 0.353. The first-order valence-corrected chi connectivity index (χ1v) is 13.9. The quantitative estimate of drug-likeness (QED) is 0.0501. The van der Waals surface area contributed by atoms with E-state index in [2.05, 4.69) is 0 Å². The zero-order valence-corrected chi connectivity index (χ0v) is 25.3. The SMILES string of the molecule is O=C(/C=C/c1ccc(O)c(O)c1)O[C@@H]([C@H](OC(=O)/C=C/c1ccc(O)c(O)c1)[C@@H](O)C(=O)O)[C@H](OC(=O)/C=C/c1ccc(O)c(O)c1)C(=O)O. The number of hydrogen-bond acceptors (Lipinski definition) is 15. The number of esters is 3. The summed E-state index contributed by atoms with van der Waals surface area (Å²) in [5.74, 6) is -11.6. The van der Waals surface area contributed by atoms with Gasteiger partial charge in [-0.1, -0.05) is 18.2 Å². The lowest BCUT2D eigenvalue weighted by Crippen LogP contribution is -2.55. The van der Waals surface area contributed by atoms with Crippen LogP contribution in [-0.2, 0) is 38.2 Å². The Kier molecular flexibility index (Phi) is 12.5. The van der Waals surface area contributed by atoms with Crippen LogP contribution in [0.4, 0.5) is 0 Å². The highest BCUT2D eigenvalue weighted by molar-refractivity contribution is 5.91. The van der Waals surface area contributed by atoms with Gasteiger partial charge in [-0.3, -0.25) is 0 Å². The Morgan fingerprint density at radius 1 is 0.480 bits per heavy atom. The molecule has 17 heteroatoms. The zero-order chi connectivity index (χ0) is 37.1. The lowest BCUT2D eigenvalue weighted by Gasteiger charge is -2.31. The van der Waals surface area contributed by atoms with Crippen molar-refractivity contribution in [2.45, 2.75) is 24.4 Å². The Bertz CT molecular complexity index is 1860. The first-order chi connectivity index (χ1) is 23.5. The van der Waals surface area contributed by atoms with Crippen LogP contribution >= 0.6 is 0 Å². The Labute approximate surface area is 280 Å². The summed E-state index contributed by atoms with van der Waals surface area (Å²) in [4.78, 5) is 62.5. The normalized spacial score (nSPS) is 13.8. The number of phenols is 6. The Morgan fingerprint density at radius 3 is 1.14 bits per heavy atom. The minimum absolute atomic E-state index is 0.111. The van der Waals surface area contributed by atoms with E-state index in [1.807, 2.05) is 0 Å². The van der Waals surface area contributed by atoms with Crippen LogP contribution in [0.3, 0.4) is 0 Å². The molecule has 0 spiro atoms. The van der Waals surface area contributed by atoms with Crippen molar-refractivity contribution in [2.24, 2.45) is 0 Å². The number of rotatable bonds is 14. The highest BCUT2D eigenvalue weighted by Gasteiger charge is 2.47. The number of carboxylic acids is 2. The van der Waals surface area contributed by atoms with E-state index < -0.39 is 88.8 Å². The van der Waals surface area contributed by atoms with Gasteiger partial charge in [0.25, 0.3) is 0 Å². The highest BCUT2D eigenvalue weighted by atomic mass is 16.6. The second-order valence-corrected chi connectivity index (χ2v) is 10.0. The van der Waals surface area contributed by atoms with Gasteiger partial charge in [0.1, 0.15) is 0 Å². The molecule has 0 aliphatic rings. The van der Waals surface area contributed by atoms with E-state index >= 15 is 0 Å². The number of aliphatic carboxylic acids is 2. The molecule has 262 valence electrons. The number of ether oxygens (including phenoxy) is 3. The minimum atomic E-state index is -2.79. The molecule has 0 amide bonds. The van der Waals surface area contributed by atoms with Gasteiger partial charge in [-0.05, 0) is 71.3 Å². The Morgan fingerprint density at radius 2 is 0.820 bits per heavy atom. The van der Waals surface area contributed by atoms with Crippen molar-refractivity contribution < 1.29 is 84.1 Å². The average Bonchev–Trinajstić information content (AvgIpc) is 3.06. The van der Waals surface area contributed by atoms with Crippen molar-refractivity contribution in [3.63, 3.8) is 0 Å². The topological polar surface area (TPSA) is 295 Å². The number of benzene rings is 3. The predicted octanol–water partition coefficient (Wildman–Crippen LogP) is 1.63. The van der Waals surface area contributed by atoms with E-state index in [4.69, 9.17) is 14.2 Å². The molecule has 3 aromatic rings. The number of phenolic OH excluding ortho intramolecular Hbond substituents is 6. The molecule has 0 aliphatic heterocycles. The number of aliphatic hydroxyl groups is 1. The van der Waals surface area contributed by atoms with E-state index in [1.54, 1.807) is 0 Å². The van der Waals surface area contributed by atoms with Crippen LogP contribution < -0.4 is 0 Å². The van der Waals surface area contributed by atoms with Crippen LogP contribution in [-0.4, -0.2) is 100 Å². The minimum Gasteiger partial charge on any atom is -0.504 e. The molecule has 9 N–H and O–H groups in total. The second kappa shape index (κ2) is 16.7. The third kappa shape index (κ3) is 10.5. The number of carbonyl (C=O) groups is 5. The number of aliphatic hydroxyl groups excluding tert-OH is 1. The van der Waals surface area contributed by atoms with E-state index in [9.17, 15) is 69.9 Å². The monoisotopic (exact) mass is 696 g/mol. The molecule has 3 aromatic carbocycles. The number of carboxylic acid groups (broad SMARTS) is 2. The first-order valence-electron chi connectivity index (χ1n) is 13.9. The molecule has 0 saturated heterocycles. The molecule has 0 heterocycles. The van der Waals surface area contributed by atoms with Gasteiger partial charge in [0.15, 0.2) is 52.8 Å². The third-order valence-corrected chi connectivity index (χ3v) is 6.41. The lowest BCUT2D eigenvalue weighted by atomic mass is 10.0. The van der Waals surface area contributed by atoms with E-state index in [-0.39, 0.29) is 16.7 Å². The molecule has 0 saturated carbocycles. The Hall–Kier alpha value is -7.01. The zero-order valence-electron chi connectivity index (χ0n) is 25.3. The van der Waals surface area contributed by atoms with Gasteiger partial charge in [-0.2, -0.15) is 0 Å². The fourth-order valence-electron chi connectivity index (χ4n) is 3.95. The number of hydrogen-bond donors (Lipinski definition) is 9. The van der Waals surface area contributed by atoms with E-state index in [1.165, 1.54) is 18.2 Å². The second-order valence-electron chi connectivity index (χ2n) is 10.0. The molecule has 0 unspecified atom stereocenters. The molecule has 17 nitrogen and oxygen atoms in total. The van der Waals surface area contributed by atoms with Crippen LogP contribution in [0.25, 0.3) is 18.2 Å². The first kappa shape index (κ1) is 37.4. The molecule has 0 bridgehead atoms. The summed E-state index contributed by atoms with van der Waals surface area (Å²) in [6.45, 7) is 0. The van der Waals surface area contributed by atoms with Gasteiger partial charge in [-0.25, -0.2) is 24.0 Å².